The number of amides is 1. The second kappa shape index (κ2) is 6.88. The van der Waals surface area contributed by atoms with Gasteiger partial charge in [-0.15, -0.1) is 0 Å². The van der Waals surface area contributed by atoms with Gasteiger partial charge in [0.15, 0.2) is 0 Å². The third kappa shape index (κ3) is 4.22. The maximum absolute atomic E-state index is 10.7. The van der Waals surface area contributed by atoms with Gasteiger partial charge in [-0.3, -0.25) is 4.79 Å². The van der Waals surface area contributed by atoms with E-state index in [4.69, 9.17) is 11.5 Å². The molecule has 1 aromatic heterocycles. The highest BCUT2D eigenvalue weighted by Crippen LogP contribution is 2.17. The monoisotopic (exact) mass is 279 g/mol. The Balaban J connectivity index is 1.95. The van der Waals surface area contributed by atoms with Crippen LogP contribution in [0.15, 0.2) is 0 Å². The average Bonchev–Trinajstić information content (AvgIpc) is 2.44. The van der Waals surface area contributed by atoms with Gasteiger partial charge >= 0.3 is 0 Å². The van der Waals surface area contributed by atoms with Gasteiger partial charge in [-0.2, -0.15) is 15.0 Å². The van der Waals surface area contributed by atoms with Crippen molar-refractivity contribution in [3.05, 3.63) is 0 Å². The fourth-order valence-corrected chi connectivity index (χ4v) is 2.16. The highest BCUT2D eigenvalue weighted by Gasteiger charge is 2.15. The van der Waals surface area contributed by atoms with Crippen molar-refractivity contribution in [2.24, 2.45) is 5.73 Å². The van der Waals surface area contributed by atoms with Crippen molar-refractivity contribution in [1.29, 1.82) is 0 Å². The molecule has 8 heteroatoms. The fourth-order valence-electron chi connectivity index (χ4n) is 2.16. The molecule has 2 heterocycles. The maximum atomic E-state index is 10.7. The number of nitrogens with two attached hydrogens (primary N) is 2. The molecule has 5 N–H and O–H groups in total. The average molecular weight is 279 g/mol. The number of aromatic nitrogens is 3. The minimum Gasteiger partial charge on any atom is -0.370 e. The number of rotatable bonds is 6. The summed E-state index contributed by atoms with van der Waals surface area (Å²) in [6, 6.07) is 0. The molecule has 1 saturated heterocycles. The van der Waals surface area contributed by atoms with Crippen molar-refractivity contribution in [2.75, 3.05) is 35.6 Å². The molecule has 8 nitrogen and oxygen atoms in total. The normalized spacial score (nSPS) is 15.1. The zero-order valence-corrected chi connectivity index (χ0v) is 11.5. The van der Waals surface area contributed by atoms with E-state index >= 15 is 0 Å². The molecule has 0 radical (unpaired) electrons. The van der Waals surface area contributed by atoms with Gasteiger partial charge in [-0.1, -0.05) is 0 Å². The zero-order valence-electron chi connectivity index (χ0n) is 11.5. The van der Waals surface area contributed by atoms with Crippen molar-refractivity contribution in [3.8, 4) is 0 Å². The summed E-state index contributed by atoms with van der Waals surface area (Å²) in [5.41, 5.74) is 10.8. The molecule has 0 aromatic carbocycles. The van der Waals surface area contributed by atoms with E-state index in [0.29, 0.717) is 31.3 Å². The molecule has 1 aliphatic rings. The molecule has 0 bridgehead atoms. The summed E-state index contributed by atoms with van der Waals surface area (Å²) in [5.74, 6) is 0.964. The molecule has 0 unspecified atom stereocenters. The van der Waals surface area contributed by atoms with Crippen LogP contribution in [0.5, 0.6) is 0 Å². The minimum absolute atomic E-state index is 0.206. The molecular formula is C12H21N7O. The van der Waals surface area contributed by atoms with Gasteiger partial charge in [0.05, 0.1) is 0 Å². The summed E-state index contributed by atoms with van der Waals surface area (Å²) in [7, 11) is 0. The first-order chi connectivity index (χ1) is 9.65. The summed E-state index contributed by atoms with van der Waals surface area (Å²) >= 11 is 0. The predicted octanol–water partition coefficient (Wildman–Crippen LogP) is 0.121. The standard InChI is InChI=1S/C12H21N7O/c13-9(20)5-4-6-15-11-16-10(14)17-12(18-11)19-7-2-1-3-8-19/h1-8H2,(H2,13,20)(H3,14,15,16,17,18). The molecule has 1 aromatic rings. The second-order valence-corrected chi connectivity index (χ2v) is 4.86. The Morgan fingerprint density at radius 2 is 1.95 bits per heavy atom. The number of hydrogen-bond acceptors (Lipinski definition) is 7. The van der Waals surface area contributed by atoms with E-state index < -0.39 is 0 Å². The Hall–Kier alpha value is -2.12. The van der Waals surface area contributed by atoms with Gasteiger partial charge in [0.25, 0.3) is 0 Å². The Bertz CT molecular complexity index is 459. The van der Waals surface area contributed by atoms with Gasteiger partial charge in [-0.05, 0) is 25.7 Å². The van der Waals surface area contributed by atoms with E-state index in [9.17, 15) is 4.79 Å². The van der Waals surface area contributed by atoms with E-state index in [-0.39, 0.29) is 11.9 Å². The first-order valence-electron chi connectivity index (χ1n) is 6.94. The number of carbonyl (C=O) groups is 1. The van der Waals surface area contributed by atoms with Crippen molar-refractivity contribution in [1.82, 2.24) is 15.0 Å². The van der Waals surface area contributed by atoms with Gasteiger partial charge in [-0.25, -0.2) is 0 Å². The predicted molar refractivity (Wildman–Crippen MR) is 77.2 cm³/mol. The zero-order chi connectivity index (χ0) is 14.4. The second-order valence-electron chi connectivity index (χ2n) is 4.86. The van der Waals surface area contributed by atoms with Crippen molar-refractivity contribution >= 4 is 23.8 Å². The van der Waals surface area contributed by atoms with E-state index in [1.165, 1.54) is 6.42 Å². The largest absolute Gasteiger partial charge is 0.370 e. The molecule has 2 rings (SSSR count). The van der Waals surface area contributed by atoms with Crippen LogP contribution in [0.3, 0.4) is 0 Å². The smallest absolute Gasteiger partial charge is 0.231 e. The lowest BCUT2D eigenvalue weighted by Crippen LogP contribution is -2.31. The fraction of sp³-hybridized carbons (Fsp3) is 0.667. The third-order valence-electron chi connectivity index (χ3n) is 3.16. The Labute approximate surface area is 118 Å². The van der Waals surface area contributed by atoms with Gasteiger partial charge < -0.3 is 21.7 Å². The molecule has 110 valence electrons. The highest BCUT2D eigenvalue weighted by molar-refractivity contribution is 5.73. The molecule has 1 amide bonds. The van der Waals surface area contributed by atoms with Gasteiger partial charge in [0.1, 0.15) is 0 Å². The summed E-state index contributed by atoms with van der Waals surface area (Å²) in [4.78, 5) is 25.4. The van der Waals surface area contributed by atoms with Crippen LogP contribution < -0.4 is 21.7 Å². The Morgan fingerprint density at radius 1 is 1.20 bits per heavy atom. The van der Waals surface area contributed by atoms with Crippen LogP contribution in [-0.2, 0) is 4.79 Å². The summed E-state index contributed by atoms with van der Waals surface area (Å²) in [6.45, 7) is 2.47. The first kappa shape index (κ1) is 14.3. The van der Waals surface area contributed by atoms with Crippen LogP contribution in [-0.4, -0.2) is 40.5 Å². The molecule has 1 aliphatic heterocycles. The SMILES string of the molecule is NC(=O)CCCNc1nc(N)nc(N2CCCCC2)n1. The van der Waals surface area contributed by atoms with E-state index in [1.807, 2.05) is 0 Å². The number of primary amides is 1. The van der Waals surface area contributed by atoms with E-state index in [2.05, 4.69) is 25.2 Å². The summed E-state index contributed by atoms with van der Waals surface area (Å²) in [5, 5.41) is 3.04. The number of anilines is 3. The molecule has 0 aliphatic carbocycles. The van der Waals surface area contributed by atoms with Crippen molar-refractivity contribution in [3.63, 3.8) is 0 Å². The number of piperidine rings is 1. The van der Waals surface area contributed by atoms with Crippen LogP contribution in [0.2, 0.25) is 0 Å². The molecule has 20 heavy (non-hydrogen) atoms. The number of carbonyl (C=O) groups excluding carboxylic acids is 1. The molecule has 0 spiro atoms. The van der Waals surface area contributed by atoms with Crippen molar-refractivity contribution in [2.45, 2.75) is 32.1 Å². The third-order valence-corrected chi connectivity index (χ3v) is 3.16. The lowest BCUT2D eigenvalue weighted by atomic mass is 10.1. The van der Waals surface area contributed by atoms with Crippen LogP contribution >= 0.6 is 0 Å². The minimum atomic E-state index is -0.309. The summed E-state index contributed by atoms with van der Waals surface area (Å²) < 4.78 is 0. The maximum Gasteiger partial charge on any atom is 0.231 e. The molecule has 1 fully saturated rings. The first-order valence-corrected chi connectivity index (χ1v) is 6.94. The van der Waals surface area contributed by atoms with E-state index in [1.54, 1.807) is 0 Å². The molecule has 0 atom stereocenters. The molecule has 0 saturated carbocycles. The number of nitrogens with one attached hydrogen (secondary N) is 1. The van der Waals surface area contributed by atoms with Gasteiger partial charge in [0.2, 0.25) is 23.8 Å². The number of nitrogens with zero attached hydrogens (tertiary/aromatic N) is 4. The molecular weight excluding hydrogens is 258 g/mol. The Kier molecular flexibility index (Phi) is 4.91. The van der Waals surface area contributed by atoms with Crippen LogP contribution in [0.4, 0.5) is 17.8 Å². The Morgan fingerprint density at radius 3 is 2.65 bits per heavy atom. The quantitative estimate of drug-likeness (QED) is 0.632. The topological polar surface area (TPSA) is 123 Å². The van der Waals surface area contributed by atoms with Crippen LogP contribution in [0, 0.1) is 0 Å². The lowest BCUT2D eigenvalue weighted by Gasteiger charge is -2.26. The number of hydrogen-bond donors (Lipinski definition) is 3. The van der Waals surface area contributed by atoms with Crippen LogP contribution in [0.1, 0.15) is 32.1 Å². The van der Waals surface area contributed by atoms with Crippen LogP contribution in [0.25, 0.3) is 0 Å². The highest BCUT2D eigenvalue weighted by atomic mass is 16.1. The number of nitrogen functional groups attached to an aromatic ring is 1. The lowest BCUT2D eigenvalue weighted by molar-refractivity contribution is -0.118. The van der Waals surface area contributed by atoms with Gasteiger partial charge in [0, 0.05) is 26.1 Å². The van der Waals surface area contributed by atoms with E-state index in [0.717, 1.165) is 25.9 Å². The van der Waals surface area contributed by atoms with Crippen molar-refractivity contribution < 1.29 is 4.79 Å². The summed E-state index contributed by atoms with van der Waals surface area (Å²) in [6.07, 6.45) is 4.52.